The van der Waals surface area contributed by atoms with Crippen LogP contribution in [0.1, 0.15) is 197 Å². The molecule has 0 spiro atoms. The van der Waals surface area contributed by atoms with Crippen molar-refractivity contribution < 1.29 is 74.3 Å². The van der Waals surface area contributed by atoms with Gasteiger partial charge in [0.25, 0.3) is 0 Å². The highest BCUT2D eigenvalue weighted by atomic mass is 28.4. The molecule has 94 heavy (non-hydrogen) atoms. The summed E-state index contributed by atoms with van der Waals surface area (Å²) in [5.74, 6) is -4.87. The van der Waals surface area contributed by atoms with Crippen molar-refractivity contribution in [1.29, 1.82) is 0 Å². The van der Waals surface area contributed by atoms with E-state index in [1.54, 1.807) is 34.5 Å². The third-order valence-electron chi connectivity index (χ3n) is 24.1. The number of carbonyl (C=O) groups excluding carboxylic acids is 1. The van der Waals surface area contributed by atoms with Gasteiger partial charge in [-0.05, 0) is 130 Å². The zero-order valence-electron chi connectivity index (χ0n) is 65.5. The Balaban J connectivity index is 2.02. The monoisotopic (exact) mass is 1410 g/mol. The Morgan fingerprint density at radius 1 is 0.649 bits per heavy atom. The molecule has 4 rings (SSSR count). The number of hydrogen-bond donors (Lipinski definition) is 0. The molecule has 0 aromatic rings. The van der Waals surface area contributed by atoms with Gasteiger partial charge in [0, 0.05) is 65.0 Å². The summed E-state index contributed by atoms with van der Waals surface area (Å²) in [6.07, 6.45) is 6.43. The molecule has 550 valence electrons. The normalized spacial score (nSPS) is 29.9. The standard InChI is InChI=1S/C73H142O16Si5/c1-32-45-79-63(74)49-57(86-90(28,29)66(12,13)14)47-56-48-62(87-91(30,31)67(15,16)17)69(20,21)72(77-26,83-56)53-58-52-71(75-24,76-25)51-55(81-58)42-44-68(18,19)73(78-27)65(89-94(39-8,40-9)41-10)59(43-46-80-92(33-2,34-3)35-4)64(88-93(36-5,37-6)38-7)61(85-73)50-60-54(11)82-70(22,23)84-60/h32,42-44,54-58,60-62,64-65H,1,33-41,45-53H2,2-31H3/b44-42+,59-43+/t54-,55+,56-,57-,58+,60-,61-,62+,64+,65+,72+,73-/m1/s1. The lowest BCUT2D eigenvalue weighted by molar-refractivity contribution is -0.362. The summed E-state index contributed by atoms with van der Waals surface area (Å²) >= 11 is 0. The number of carbonyl (C=O) groups is 1. The summed E-state index contributed by atoms with van der Waals surface area (Å²) in [5.41, 5.74) is -0.618. The Morgan fingerprint density at radius 3 is 1.66 bits per heavy atom. The van der Waals surface area contributed by atoms with Crippen molar-refractivity contribution in [2.24, 2.45) is 10.8 Å². The predicted octanol–water partition coefficient (Wildman–Crippen LogP) is 18.3. The summed E-state index contributed by atoms with van der Waals surface area (Å²) in [6, 6.07) is 8.70. The van der Waals surface area contributed by atoms with E-state index in [1.807, 2.05) is 13.8 Å². The smallest absolute Gasteiger partial charge is 0.308 e. The van der Waals surface area contributed by atoms with Crippen molar-refractivity contribution in [3.8, 4) is 0 Å². The molecule has 4 heterocycles. The van der Waals surface area contributed by atoms with Crippen LogP contribution in [-0.2, 0) is 74.3 Å². The van der Waals surface area contributed by atoms with Crippen LogP contribution in [-0.4, -0.2) is 173 Å². The molecule has 0 aromatic heterocycles. The highest BCUT2D eigenvalue weighted by Crippen LogP contribution is 2.56. The maximum atomic E-state index is 13.6. The van der Waals surface area contributed by atoms with Crippen LogP contribution < -0.4 is 0 Å². The number of hydrogen-bond acceptors (Lipinski definition) is 16. The molecule has 0 bridgehead atoms. The van der Waals surface area contributed by atoms with Crippen LogP contribution in [0, 0.1) is 10.8 Å². The predicted molar refractivity (Wildman–Crippen MR) is 394 cm³/mol. The molecule has 0 N–H and O–H groups in total. The molecule has 0 amide bonds. The number of esters is 1. The van der Waals surface area contributed by atoms with E-state index in [-0.39, 0.29) is 47.4 Å². The van der Waals surface area contributed by atoms with Crippen molar-refractivity contribution in [3.63, 3.8) is 0 Å². The van der Waals surface area contributed by atoms with Gasteiger partial charge in [0.1, 0.15) is 12.7 Å². The van der Waals surface area contributed by atoms with E-state index in [0.29, 0.717) is 45.1 Å². The second-order valence-electron chi connectivity index (χ2n) is 32.7. The van der Waals surface area contributed by atoms with Crippen molar-refractivity contribution in [2.45, 2.75) is 372 Å². The molecule has 0 unspecified atom stereocenters. The first-order chi connectivity index (χ1) is 43.5. The first-order valence-corrected chi connectivity index (χ1v) is 49.9. The molecule has 0 saturated carbocycles. The van der Waals surface area contributed by atoms with Crippen molar-refractivity contribution in [2.75, 3.05) is 41.7 Å². The minimum Gasteiger partial charge on any atom is -0.461 e. The second-order valence-corrected chi connectivity index (χ2v) is 56.4. The van der Waals surface area contributed by atoms with Crippen molar-refractivity contribution >= 4 is 47.6 Å². The first-order valence-electron chi connectivity index (χ1n) is 36.5. The molecule has 4 saturated heterocycles. The topological polar surface area (TPSA) is 156 Å². The minimum absolute atomic E-state index is 0.0682. The fraction of sp³-hybridized carbons (Fsp3) is 0.904. The summed E-state index contributed by atoms with van der Waals surface area (Å²) < 4.78 is 107. The maximum Gasteiger partial charge on any atom is 0.308 e. The molecule has 16 nitrogen and oxygen atoms in total. The van der Waals surface area contributed by atoms with E-state index < -0.39 is 118 Å². The molecular formula is C73H142O16Si5. The van der Waals surface area contributed by atoms with E-state index in [0.717, 1.165) is 60.0 Å². The maximum absolute atomic E-state index is 13.6. The fourth-order valence-electron chi connectivity index (χ4n) is 14.7. The molecular weight excluding hydrogens is 1270 g/mol. The Hall–Kier alpha value is -0.786. The van der Waals surface area contributed by atoms with Crippen LogP contribution in [0.3, 0.4) is 0 Å². The number of ether oxygens (including phenoxy) is 10. The molecule has 0 aromatic carbocycles. The van der Waals surface area contributed by atoms with Gasteiger partial charge in [-0.3, -0.25) is 4.79 Å². The van der Waals surface area contributed by atoms with E-state index in [9.17, 15) is 4.79 Å². The molecule has 12 atom stereocenters. The summed E-state index contributed by atoms with van der Waals surface area (Å²) in [6.45, 7) is 62.4. The molecule has 4 aliphatic heterocycles. The van der Waals surface area contributed by atoms with Gasteiger partial charge in [0.2, 0.25) is 5.79 Å². The van der Waals surface area contributed by atoms with E-state index in [1.165, 1.54) is 0 Å². The average molecular weight is 1420 g/mol. The molecule has 0 radical (unpaired) electrons. The summed E-state index contributed by atoms with van der Waals surface area (Å²) in [4.78, 5) is 13.6. The lowest BCUT2D eigenvalue weighted by atomic mass is 9.70. The van der Waals surface area contributed by atoms with Crippen LogP contribution in [0.2, 0.25) is 90.7 Å². The minimum atomic E-state index is -2.50. The highest BCUT2D eigenvalue weighted by molar-refractivity contribution is 6.75. The largest absolute Gasteiger partial charge is 0.461 e. The second kappa shape index (κ2) is 34.0. The third kappa shape index (κ3) is 19.7. The van der Waals surface area contributed by atoms with Crippen LogP contribution in [0.25, 0.3) is 0 Å². The number of methoxy groups -OCH3 is 4. The lowest BCUT2D eigenvalue weighted by Crippen LogP contribution is -2.69. The Morgan fingerprint density at radius 2 is 1.19 bits per heavy atom. The van der Waals surface area contributed by atoms with Crippen LogP contribution >= 0.6 is 0 Å². The van der Waals surface area contributed by atoms with Gasteiger partial charge in [-0.2, -0.15) is 0 Å². The van der Waals surface area contributed by atoms with Gasteiger partial charge in [-0.25, -0.2) is 0 Å². The van der Waals surface area contributed by atoms with Crippen molar-refractivity contribution in [1.82, 2.24) is 0 Å². The van der Waals surface area contributed by atoms with Crippen molar-refractivity contribution in [3.05, 3.63) is 36.5 Å². The third-order valence-corrected chi connectivity index (χ3v) is 47.0. The van der Waals surface area contributed by atoms with Gasteiger partial charge >= 0.3 is 5.97 Å². The van der Waals surface area contributed by atoms with E-state index in [2.05, 4.69) is 189 Å². The highest BCUT2D eigenvalue weighted by Gasteiger charge is 2.65. The van der Waals surface area contributed by atoms with Gasteiger partial charge in [0.05, 0.1) is 68.0 Å². The Labute approximate surface area is 579 Å². The van der Waals surface area contributed by atoms with Gasteiger partial charge in [-0.15, -0.1) is 0 Å². The number of rotatable bonds is 37. The zero-order valence-corrected chi connectivity index (χ0v) is 70.5. The molecule has 0 aliphatic carbocycles. The quantitative estimate of drug-likeness (QED) is 0.0250. The molecule has 4 aliphatic rings. The van der Waals surface area contributed by atoms with Crippen LogP contribution in [0.4, 0.5) is 0 Å². The molecule has 4 fully saturated rings. The Bertz CT molecular complexity index is 2380. The van der Waals surface area contributed by atoms with E-state index >= 15 is 0 Å². The lowest BCUT2D eigenvalue weighted by Gasteiger charge is -2.58. The van der Waals surface area contributed by atoms with Gasteiger partial charge in [-0.1, -0.05) is 162 Å². The van der Waals surface area contributed by atoms with Gasteiger partial charge in [0.15, 0.2) is 58.9 Å². The van der Waals surface area contributed by atoms with Crippen LogP contribution in [0.5, 0.6) is 0 Å². The van der Waals surface area contributed by atoms with Gasteiger partial charge < -0.3 is 69.5 Å². The zero-order chi connectivity index (χ0) is 71.6. The van der Waals surface area contributed by atoms with Crippen LogP contribution in [0.15, 0.2) is 36.5 Å². The summed E-state index contributed by atoms with van der Waals surface area (Å²) in [7, 11) is -4.83. The average Bonchev–Trinajstić information content (AvgIpc) is 0.741. The Kier molecular flexibility index (Phi) is 31.0. The first kappa shape index (κ1) is 85.6. The SMILES string of the molecule is C=CCOC(=O)C[C@@H](C[C@@H]1C[C@H](O[Si](C)(C)C(C)(C)C)C(C)(C)[C@@](C[C@@H]2CC(OC)(OC)C[C@H](/C=C/C(C)(C)[C@]3(OC)O[C@H](C[C@H]4OC(C)(C)O[C@@H]4C)[C@@H](O[Si](CC)(CC)CC)/C(=C\CO[Si](CC)(CC)CC)[C@@H]3O[Si](CC)(CC)CC)O2)(OC)O1)O[Si](C)(C)C(C)(C)C. The summed E-state index contributed by atoms with van der Waals surface area (Å²) in [5, 5.41) is -0.212. The fourth-order valence-corrected chi connectivity index (χ4v) is 25.7. The van der Waals surface area contributed by atoms with E-state index in [4.69, 9.17) is 69.5 Å². The molecule has 21 heteroatoms.